The summed E-state index contributed by atoms with van der Waals surface area (Å²) >= 11 is 7.85. The molecule has 0 aromatic heterocycles. The van der Waals surface area contributed by atoms with Crippen molar-refractivity contribution in [2.45, 2.75) is 17.2 Å². The number of nitrogens with zero attached hydrogens (tertiary/aromatic N) is 1. The molecule has 2 N–H and O–H groups in total. The number of halogens is 1. The van der Waals surface area contributed by atoms with E-state index < -0.39 is 0 Å². The molecule has 0 heterocycles. The maximum absolute atomic E-state index is 8.79. The minimum atomic E-state index is 0.562. The molecule has 2 aromatic rings. The zero-order valence-corrected chi connectivity index (χ0v) is 11.8. The minimum Gasteiger partial charge on any atom is -0.326 e. The summed E-state index contributed by atoms with van der Waals surface area (Å²) in [6, 6.07) is 15.7. The van der Waals surface area contributed by atoms with Crippen LogP contribution in [0.25, 0.3) is 0 Å². The zero-order valence-electron chi connectivity index (χ0n) is 10.3. The number of nitrogens with two attached hydrogens (primary N) is 1. The Morgan fingerprint density at radius 2 is 1.89 bits per heavy atom. The molecule has 2 nitrogen and oxygen atoms in total. The van der Waals surface area contributed by atoms with Crippen LogP contribution < -0.4 is 5.73 Å². The van der Waals surface area contributed by atoms with E-state index in [-0.39, 0.29) is 0 Å². The predicted molar refractivity (Wildman–Crippen MR) is 80.1 cm³/mol. The van der Waals surface area contributed by atoms with E-state index in [0.29, 0.717) is 17.1 Å². The van der Waals surface area contributed by atoms with E-state index in [1.807, 2.05) is 18.2 Å². The molecule has 0 saturated carbocycles. The lowest BCUT2D eigenvalue weighted by Crippen LogP contribution is -1.95. The third-order valence-electron chi connectivity index (χ3n) is 2.74. The minimum absolute atomic E-state index is 0.562. The molecule has 4 heteroatoms. The van der Waals surface area contributed by atoms with Gasteiger partial charge in [-0.25, -0.2) is 0 Å². The molecule has 0 aliphatic heterocycles. The van der Waals surface area contributed by atoms with Gasteiger partial charge in [-0.1, -0.05) is 29.8 Å². The van der Waals surface area contributed by atoms with Gasteiger partial charge in [0.25, 0.3) is 0 Å². The van der Waals surface area contributed by atoms with Crippen molar-refractivity contribution >= 4 is 23.4 Å². The van der Waals surface area contributed by atoms with Crippen LogP contribution in [0, 0.1) is 11.3 Å². The second-order valence-corrected chi connectivity index (χ2v) is 5.51. The summed E-state index contributed by atoms with van der Waals surface area (Å²) in [6.07, 6.45) is 0. The predicted octanol–water partition coefficient (Wildman–Crippen LogP) is 3.96. The molecule has 0 saturated heterocycles. The van der Waals surface area contributed by atoms with Gasteiger partial charge >= 0.3 is 0 Å². The van der Waals surface area contributed by atoms with Gasteiger partial charge < -0.3 is 5.73 Å². The smallest absolute Gasteiger partial charge is 0.0992 e. The zero-order chi connectivity index (χ0) is 13.7. The normalized spacial score (nSPS) is 10.2. The highest BCUT2D eigenvalue weighted by atomic mass is 35.5. The molecule has 2 aromatic carbocycles. The van der Waals surface area contributed by atoms with Crippen LogP contribution in [-0.2, 0) is 12.3 Å². The van der Waals surface area contributed by atoms with Crippen LogP contribution in [0.2, 0.25) is 5.02 Å². The summed E-state index contributed by atoms with van der Waals surface area (Å²) in [5.74, 6) is 0.784. The lowest BCUT2D eigenvalue weighted by atomic mass is 10.2. The van der Waals surface area contributed by atoms with Gasteiger partial charge in [0, 0.05) is 22.2 Å². The number of thioether (sulfide) groups is 1. The fourth-order valence-corrected chi connectivity index (χ4v) is 2.85. The Morgan fingerprint density at radius 1 is 1.16 bits per heavy atom. The lowest BCUT2D eigenvalue weighted by molar-refractivity contribution is 1.07. The maximum Gasteiger partial charge on any atom is 0.0992 e. The molecule has 0 aliphatic carbocycles. The van der Waals surface area contributed by atoms with Gasteiger partial charge in [0.15, 0.2) is 0 Å². The van der Waals surface area contributed by atoms with E-state index in [2.05, 4.69) is 18.2 Å². The van der Waals surface area contributed by atoms with Crippen LogP contribution in [0.5, 0.6) is 0 Å². The molecular weight excluding hydrogens is 276 g/mol. The first-order chi connectivity index (χ1) is 9.22. The van der Waals surface area contributed by atoms with Crippen molar-refractivity contribution in [1.29, 1.82) is 5.26 Å². The van der Waals surface area contributed by atoms with Gasteiger partial charge in [0.05, 0.1) is 11.6 Å². The summed E-state index contributed by atoms with van der Waals surface area (Å²) in [6.45, 7) is 0.562. The maximum atomic E-state index is 8.79. The SMILES string of the molecule is N#Cc1ccc(CSc2ccc(CN)cc2)c(Cl)c1. The van der Waals surface area contributed by atoms with Crippen LogP contribution in [0.1, 0.15) is 16.7 Å². The summed E-state index contributed by atoms with van der Waals surface area (Å²) in [5, 5.41) is 9.43. The molecule has 96 valence electrons. The van der Waals surface area contributed by atoms with E-state index >= 15 is 0 Å². The van der Waals surface area contributed by atoms with E-state index in [1.54, 1.807) is 23.9 Å². The van der Waals surface area contributed by atoms with Gasteiger partial charge in [0.2, 0.25) is 0 Å². The van der Waals surface area contributed by atoms with Gasteiger partial charge in [-0.2, -0.15) is 5.26 Å². The van der Waals surface area contributed by atoms with Crippen molar-refractivity contribution in [3.05, 3.63) is 64.2 Å². The third kappa shape index (κ3) is 3.74. The Balaban J connectivity index is 2.04. The van der Waals surface area contributed by atoms with Crippen molar-refractivity contribution in [3.8, 4) is 6.07 Å². The highest BCUT2D eigenvalue weighted by molar-refractivity contribution is 7.98. The molecular formula is C15H13ClN2S. The number of nitriles is 1. The summed E-state index contributed by atoms with van der Waals surface area (Å²) < 4.78 is 0. The molecule has 0 atom stereocenters. The summed E-state index contributed by atoms with van der Waals surface area (Å²) in [7, 11) is 0. The Kier molecular flexibility index (Phi) is 4.86. The van der Waals surface area contributed by atoms with Crippen LogP contribution in [0.15, 0.2) is 47.4 Å². The number of hydrogen-bond donors (Lipinski definition) is 1. The molecule has 0 amide bonds. The van der Waals surface area contributed by atoms with Crippen molar-refractivity contribution < 1.29 is 0 Å². The monoisotopic (exact) mass is 288 g/mol. The fraction of sp³-hybridized carbons (Fsp3) is 0.133. The molecule has 0 spiro atoms. The molecule has 0 aliphatic rings. The molecule has 0 fully saturated rings. The van der Waals surface area contributed by atoms with Crippen molar-refractivity contribution in [2.75, 3.05) is 0 Å². The van der Waals surface area contributed by atoms with Crippen molar-refractivity contribution in [2.24, 2.45) is 5.73 Å². The van der Waals surface area contributed by atoms with Crippen molar-refractivity contribution in [3.63, 3.8) is 0 Å². The van der Waals surface area contributed by atoms with E-state index in [4.69, 9.17) is 22.6 Å². The Morgan fingerprint density at radius 3 is 2.47 bits per heavy atom. The Hall–Kier alpha value is -1.47. The third-order valence-corrected chi connectivity index (χ3v) is 4.15. The van der Waals surface area contributed by atoms with Crippen LogP contribution in [0.3, 0.4) is 0 Å². The van der Waals surface area contributed by atoms with E-state index in [1.165, 1.54) is 4.90 Å². The second-order valence-electron chi connectivity index (χ2n) is 4.05. The second kappa shape index (κ2) is 6.63. The quantitative estimate of drug-likeness (QED) is 0.866. The molecule has 2 rings (SSSR count). The van der Waals surface area contributed by atoms with Crippen LogP contribution in [0.4, 0.5) is 0 Å². The first-order valence-electron chi connectivity index (χ1n) is 5.83. The standard InChI is InChI=1S/C15H13ClN2S/c16-15-7-12(9-18)1-4-13(15)10-19-14-5-2-11(8-17)3-6-14/h1-7H,8,10,17H2. The van der Waals surface area contributed by atoms with Gasteiger partial charge in [0.1, 0.15) is 0 Å². The summed E-state index contributed by atoms with van der Waals surface area (Å²) in [4.78, 5) is 1.18. The number of rotatable bonds is 4. The highest BCUT2D eigenvalue weighted by Crippen LogP contribution is 2.27. The lowest BCUT2D eigenvalue weighted by Gasteiger charge is -2.05. The average molecular weight is 289 g/mol. The van der Waals surface area contributed by atoms with E-state index in [0.717, 1.165) is 16.9 Å². The van der Waals surface area contributed by atoms with E-state index in [9.17, 15) is 0 Å². The average Bonchev–Trinajstić information content (AvgIpc) is 2.46. The molecule has 0 bridgehead atoms. The molecule has 0 radical (unpaired) electrons. The van der Waals surface area contributed by atoms with Crippen LogP contribution in [-0.4, -0.2) is 0 Å². The first kappa shape index (κ1) is 14.0. The number of benzene rings is 2. The van der Waals surface area contributed by atoms with Crippen molar-refractivity contribution in [1.82, 2.24) is 0 Å². The first-order valence-corrected chi connectivity index (χ1v) is 7.19. The number of hydrogen-bond acceptors (Lipinski definition) is 3. The Labute approximate surface area is 122 Å². The highest BCUT2D eigenvalue weighted by Gasteiger charge is 2.03. The largest absolute Gasteiger partial charge is 0.326 e. The summed E-state index contributed by atoms with van der Waals surface area (Å²) in [5.41, 5.74) is 8.31. The van der Waals surface area contributed by atoms with Gasteiger partial charge in [-0.05, 0) is 35.4 Å². The topological polar surface area (TPSA) is 49.8 Å². The van der Waals surface area contributed by atoms with Gasteiger partial charge in [-0.15, -0.1) is 11.8 Å². The molecule has 0 unspecified atom stereocenters. The van der Waals surface area contributed by atoms with Crippen LogP contribution >= 0.6 is 23.4 Å². The Bertz CT molecular complexity index is 603. The fourth-order valence-electron chi connectivity index (χ4n) is 1.62. The van der Waals surface area contributed by atoms with Gasteiger partial charge in [-0.3, -0.25) is 0 Å². The molecule has 19 heavy (non-hydrogen) atoms.